The number of benzene rings is 2. The monoisotopic (exact) mass is 430 g/mol. The van der Waals surface area contributed by atoms with Crippen molar-refractivity contribution in [1.82, 2.24) is 15.0 Å². The Bertz CT molecular complexity index is 1180. The van der Waals surface area contributed by atoms with Crippen LogP contribution in [0.15, 0.2) is 48.5 Å². The number of pyridine rings is 1. The molecule has 0 saturated heterocycles. The summed E-state index contributed by atoms with van der Waals surface area (Å²) in [6, 6.07) is 12.9. The van der Waals surface area contributed by atoms with Gasteiger partial charge in [0.15, 0.2) is 5.65 Å². The Balaban J connectivity index is 1.53. The number of anilines is 1. The van der Waals surface area contributed by atoms with Crippen molar-refractivity contribution in [3.05, 3.63) is 70.8 Å². The first-order valence-corrected chi connectivity index (χ1v) is 9.35. The molecule has 30 heavy (non-hydrogen) atoms. The van der Waals surface area contributed by atoms with Crippen molar-refractivity contribution >= 4 is 28.5 Å². The molecule has 0 fully saturated rings. The van der Waals surface area contributed by atoms with Crippen LogP contribution >= 0.6 is 11.6 Å². The zero-order valence-corrected chi connectivity index (χ0v) is 16.9. The number of aromatic amines is 1. The summed E-state index contributed by atoms with van der Waals surface area (Å²) in [5.41, 5.74) is 1.66. The molecule has 0 radical (unpaired) electrons. The molecule has 4 aromatic rings. The molecule has 0 saturated carbocycles. The van der Waals surface area contributed by atoms with Crippen LogP contribution in [0.1, 0.15) is 5.56 Å². The Labute approximate surface area is 176 Å². The fourth-order valence-electron chi connectivity index (χ4n) is 2.76. The summed E-state index contributed by atoms with van der Waals surface area (Å²) in [5, 5.41) is 0.171. The van der Waals surface area contributed by atoms with Crippen LogP contribution in [0.3, 0.4) is 0 Å². The Kier molecular flexibility index (Phi) is 5.41. The second-order valence-electron chi connectivity index (χ2n) is 6.67. The van der Waals surface area contributed by atoms with Gasteiger partial charge < -0.3 is 19.4 Å². The lowest BCUT2D eigenvalue weighted by Crippen LogP contribution is -2.07. The minimum atomic E-state index is -0.706. The molecule has 2 heterocycles. The van der Waals surface area contributed by atoms with Gasteiger partial charge in [0.1, 0.15) is 29.0 Å². The van der Waals surface area contributed by atoms with Gasteiger partial charge in [-0.05, 0) is 42.5 Å². The van der Waals surface area contributed by atoms with E-state index in [0.29, 0.717) is 16.9 Å². The highest BCUT2D eigenvalue weighted by Crippen LogP contribution is 2.29. The molecule has 0 unspecified atom stereocenters. The van der Waals surface area contributed by atoms with Crippen LogP contribution in [0.4, 0.5) is 14.5 Å². The van der Waals surface area contributed by atoms with Crippen molar-refractivity contribution in [2.75, 3.05) is 19.0 Å². The number of nitrogens with one attached hydrogen (secondary N) is 1. The minimum Gasteiger partial charge on any atom is -0.471 e. The molecule has 0 aliphatic heterocycles. The number of imidazole rings is 1. The van der Waals surface area contributed by atoms with Crippen molar-refractivity contribution in [2.24, 2.45) is 0 Å². The molecular formula is C21H17ClF2N4O2. The SMILES string of the molecule is CN(C)c1ccc(Oc2nc3nc(OCc4c(F)cccc4F)c(Cl)cc3[nH]2)cc1. The molecule has 0 bridgehead atoms. The van der Waals surface area contributed by atoms with Crippen LogP contribution < -0.4 is 14.4 Å². The highest BCUT2D eigenvalue weighted by Gasteiger charge is 2.14. The maximum absolute atomic E-state index is 13.8. The van der Waals surface area contributed by atoms with Crippen LogP contribution in [0.2, 0.25) is 5.02 Å². The average Bonchev–Trinajstić information content (AvgIpc) is 3.08. The third-order valence-corrected chi connectivity index (χ3v) is 4.63. The minimum absolute atomic E-state index is 0.0141. The van der Waals surface area contributed by atoms with Gasteiger partial charge in [-0.25, -0.2) is 8.78 Å². The maximum Gasteiger partial charge on any atom is 0.301 e. The van der Waals surface area contributed by atoms with Crippen molar-refractivity contribution < 1.29 is 18.3 Å². The highest BCUT2D eigenvalue weighted by molar-refractivity contribution is 6.32. The molecule has 0 amide bonds. The molecule has 9 heteroatoms. The number of ether oxygens (including phenoxy) is 2. The molecule has 6 nitrogen and oxygen atoms in total. The van der Waals surface area contributed by atoms with Crippen molar-refractivity contribution in [3.8, 4) is 17.6 Å². The molecule has 1 N–H and O–H groups in total. The second-order valence-corrected chi connectivity index (χ2v) is 7.07. The van der Waals surface area contributed by atoms with Gasteiger partial charge in [-0.3, -0.25) is 0 Å². The zero-order chi connectivity index (χ0) is 21.3. The average molecular weight is 431 g/mol. The first-order chi connectivity index (χ1) is 14.4. The van der Waals surface area contributed by atoms with Crippen LogP contribution in [0, 0.1) is 11.6 Å². The van der Waals surface area contributed by atoms with E-state index >= 15 is 0 Å². The van der Waals surface area contributed by atoms with Gasteiger partial charge in [-0.1, -0.05) is 17.7 Å². The van der Waals surface area contributed by atoms with Gasteiger partial charge in [0.2, 0.25) is 5.88 Å². The van der Waals surface area contributed by atoms with E-state index in [1.165, 1.54) is 6.07 Å². The summed E-state index contributed by atoms with van der Waals surface area (Å²) < 4.78 is 38.7. The number of aromatic nitrogens is 3. The largest absolute Gasteiger partial charge is 0.471 e. The molecule has 2 aromatic carbocycles. The van der Waals surface area contributed by atoms with Crippen molar-refractivity contribution in [2.45, 2.75) is 6.61 Å². The van der Waals surface area contributed by atoms with E-state index in [0.717, 1.165) is 17.8 Å². The predicted octanol–water partition coefficient (Wildman–Crippen LogP) is 5.33. The lowest BCUT2D eigenvalue weighted by atomic mass is 10.2. The molecule has 0 spiro atoms. The van der Waals surface area contributed by atoms with Crippen LogP contribution in [-0.2, 0) is 6.61 Å². The second kappa shape index (κ2) is 8.16. The standard InChI is InChI=1S/C21H17ClF2N4O2/c1-28(2)12-6-8-13(9-7-12)30-21-25-18-10-15(22)20(26-19(18)27-21)29-11-14-16(23)4-3-5-17(14)24/h3-10H,11H2,1-2H3,(H,25,26,27). The Morgan fingerprint density at radius 3 is 2.40 bits per heavy atom. The summed E-state index contributed by atoms with van der Waals surface area (Å²) in [6.07, 6.45) is 0. The van der Waals surface area contributed by atoms with Gasteiger partial charge in [0.25, 0.3) is 0 Å². The number of H-pyrrole nitrogens is 1. The third kappa shape index (κ3) is 4.13. The van der Waals surface area contributed by atoms with Crippen LogP contribution in [0.25, 0.3) is 11.2 Å². The van der Waals surface area contributed by atoms with Gasteiger partial charge >= 0.3 is 6.01 Å². The molecule has 4 rings (SSSR count). The van der Waals surface area contributed by atoms with Crippen LogP contribution in [-0.4, -0.2) is 29.0 Å². The first-order valence-electron chi connectivity index (χ1n) is 8.98. The number of halogens is 3. The van der Waals surface area contributed by atoms with E-state index in [-0.39, 0.29) is 29.1 Å². The van der Waals surface area contributed by atoms with Crippen LogP contribution in [0.5, 0.6) is 17.6 Å². The van der Waals surface area contributed by atoms with Gasteiger partial charge in [-0.2, -0.15) is 9.97 Å². The molecule has 0 aliphatic rings. The topological polar surface area (TPSA) is 63.3 Å². The number of rotatable bonds is 6. The van der Waals surface area contributed by atoms with E-state index < -0.39 is 11.6 Å². The Hall–Kier alpha value is -3.39. The number of fused-ring (bicyclic) bond motifs is 1. The Morgan fingerprint density at radius 1 is 1.03 bits per heavy atom. The van der Waals surface area contributed by atoms with Gasteiger partial charge in [0, 0.05) is 19.8 Å². The lowest BCUT2D eigenvalue weighted by molar-refractivity contribution is 0.282. The van der Waals surface area contributed by atoms with E-state index in [2.05, 4.69) is 15.0 Å². The summed E-state index contributed by atoms with van der Waals surface area (Å²) in [4.78, 5) is 13.4. The summed E-state index contributed by atoms with van der Waals surface area (Å²) in [6.45, 7) is -0.358. The molecule has 0 aliphatic carbocycles. The Morgan fingerprint density at radius 2 is 1.73 bits per heavy atom. The molecule has 154 valence electrons. The molecule has 0 atom stereocenters. The fourth-order valence-corrected chi connectivity index (χ4v) is 2.97. The van der Waals surface area contributed by atoms with E-state index in [9.17, 15) is 8.78 Å². The van der Waals surface area contributed by atoms with E-state index in [4.69, 9.17) is 21.1 Å². The lowest BCUT2D eigenvalue weighted by Gasteiger charge is -2.12. The zero-order valence-electron chi connectivity index (χ0n) is 16.1. The summed E-state index contributed by atoms with van der Waals surface area (Å²) in [7, 11) is 3.90. The maximum atomic E-state index is 13.8. The van der Waals surface area contributed by atoms with Crippen molar-refractivity contribution in [1.29, 1.82) is 0 Å². The van der Waals surface area contributed by atoms with Gasteiger partial charge in [-0.15, -0.1) is 0 Å². The quantitative estimate of drug-likeness (QED) is 0.448. The molecular weight excluding hydrogens is 414 g/mol. The van der Waals surface area contributed by atoms with Crippen molar-refractivity contribution in [3.63, 3.8) is 0 Å². The predicted molar refractivity (Wildman–Crippen MR) is 110 cm³/mol. The normalized spacial score (nSPS) is 11.0. The number of nitrogens with zero attached hydrogens (tertiary/aromatic N) is 3. The van der Waals surface area contributed by atoms with Gasteiger partial charge in [0.05, 0.1) is 11.1 Å². The molecule has 2 aromatic heterocycles. The fraction of sp³-hybridized carbons (Fsp3) is 0.143. The first kappa shape index (κ1) is 19.9. The summed E-state index contributed by atoms with van der Waals surface area (Å²) >= 11 is 6.20. The van der Waals surface area contributed by atoms with E-state index in [1.807, 2.05) is 43.3 Å². The third-order valence-electron chi connectivity index (χ3n) is 4.36. The summed E-state index contributed by atoms with van der Waals surface area (Å²) in [5.74, 6) is -0.802. The van der Waals surface area contributed by atoms with E-state index in [1.54, 1.807) is 6.07 Å². The highest BCUT2D eigenvalue weighted by atomic mass is 35.5. The number of hydrogen-bond donors (Lipinski definition) is 1. The smallest absolute Gasteiger partial charge is 0.301 e. The number of hydrogen-bond acceptors (Lipinski definition) is 5.